The summed E-state index contributed by atoms with van der Waals surface area (Å²) in [7, 11) is 0. The van der Waals surface area contributed by atoms with E-state index in [0.717, 1.165) is 109 Å². The van der Waals surface area contributed by atoms with Crippen molar-refractivity contribution in [3.05, 3.63) is 122 Å². The minimum absolute atomic E-state index is 0.256. The van der Waals surface area contributed by atoms with E-state index < -0.39 is 0 Å². The maximum absolute atomic E-state index is 6.50. The summed E-state index contributed by atoms with van der Waals surface area (Å²) in [6, 6.07) is 0. The van der Waals surface area contributed by atoms with Gasteiger partial charge < -0.3 is 9.47 Å². The first kappa shape index (κ1) is 38.3. The Balaban J connectivity index is 2.22. The highest BCUT2D eigenvalue weighted by molar-refractivity contribution is 5.03. The van der Waals surface area contributed by atoms with Crippen LogP contribution < -0.4 is 0 Å². The van der Waals surface area contributed by atoms with Gasteiger partial charge in [-0.25, -0.2) is 0 Å². The van der Waals surface area contributed by atoms with Crippen LogP contribution in [0, 0.1) is 0 Å². The van der Waals surface area contributed by atoms with Gasteiger partial charge in [-0.3, -0.25) is 0 Å². The number of ether oxygens (including phenoxy) is 2. The molecule has 1 rings (SSSR count). The maximum atomic E-state index is 6.50. The monoisotopic (exact) mass is 586 g/mol. The highest BCUT2D eigenvalue weighted by Crippen LogP contribution is 2.35. The van der Waals surface area contributed by atoms with E-state index in [0.29, 0.717) is 0 Å². The van der Waals surface area contributed by atoms with Crippen LogP contribution in [0.15, 0.2) is 122 Å². The van der Waals surface area contributed by atoms with Crippen LogP contribution in [-0.2, 0) is 9.47 Å². The van der Waals surface area contributed by atoms with Crippen molar-refractivity contribution in [2.24, 2.45) is 0 Å². The Bertz CT molecular complexity index is 923. The Hall–Kier alpha value is -2.68. The zero-order valence-electron chi connectivity index (χ0n) is 27.6. The van der Waals surface area contributed by atoms with E-state index in [-0.39, 0.29) is 11.9 Å². The molecule has 2 atom stereocenters. The molecule has 0 radical (unpaired) electrons. The van der Waals surface area contributed by atoms with Gasteiger partial charge in [-0.15, -0.1) is 0 Å². The molecule has 0 spiro atoms. The molecule has 0 bridgehead atoms. The van der Waals surface area contributed by atoms with Crippen molar-refractivity contribution >= 4 is 0 Å². The summed E-state index contributed by atoms with van der Waals surface area (Å²) in [6.45, 7) is 8.82. The normalized spacial score (nSPS) is 20.2. The van der Waals surface area contributed by atoms with Crippen molar-refractivity contribution < 1.29 is 9.47 Å². The molecule has 1 aliphatic heterocycles. The van der Waals surface area contributed by atoms with Crippen molar-refractivity contribution in [2.75, 3.05) is 6.61 Å². The van der Waals surface area contributed by atoms with Gasteiger partial charge in [0.25, 0.3) is 0 Å². The maximum Gasteiger partial charge on any atom is 0.168 e. The number of unbranched alkanes of at least 4 members (excludes halogenated alkanes) is 2. The lowest BCUT2D eigenvalue weighted by molar-refractivity contribution is -0.179. The van der Waals surface area contributed by atoms with Gasteiger partial charge in [-0.05, 0) is 83.5 Å². The molecule has 1 saturated heterocycles. The molecule has 0 saturated carbocycles. The van der Waals surface area contributed by atoms with Gasteiger partial charge in [0.15, 0.2) is 5.79 Å². The van der Waals surface area contributed by atoms with Gasteiger partial charge >= 0.3 is 0 Å². The smallest absolute Gasteiger partial charge is 0.168 e. The van der Waals surface area contributed by atoms with Crippen LogP contribution in [0.1, 0.15) is 117 Å². The highest BCUT2D eigenvalue weighted by Gasteiger charge is 2.39. The van der Waals surface area contributed by atoms with E-state index in [4.69, 9.17) is 9.47 Å². The van der Waals surface area contributed by atoms with E-state index in [9.17, 15) is 0 Å². The molecule has 1 aliphatic rings. The van der Waals surface area contributed by atoms with E-state index in [1.165, 1.54) is 0 Å². The fourth-order valence-corrected chi connectivity index (χ4v) is 4.82. The van der Waals surface area contributed by atoms with Gasteiger partial charge in [0, 0.05) is 12.8 Å². The first-order chi connectivity index (χ1) is 21.3. The van der Waals surface area contributed by atoms with Gasteiger partial charge in [0.05, 0.1) is 12.7 Å². The average Bonchev–Trinajstić information content (AvgIpc) is 3.41. The molecule has 2 unspecified atom stereocenters. The van der Waals surface area contributed by atoms with E-state index >= 15 is 0 Å². The summed E-state index contributed by atoms with van der Waals surface area (Å²) < 4.78 is 12.8. The summed E-state index contributed by atoms with van der Waals surface area (Å²) in [5.74, 6) is -0.386. The van der Waals surface area contributed by atoms with Crippen LogP contribution in [0.3, 0.4) is 0 Å². The third-order valence-corrected chi connectivity index (χ3v) is 7.13. The fraction of sp³-hybridized carbons (Fsp3) is 0.512. The highest BCUT2D eigenvalue weighted by atomic mass is 16.7. The number of rotatable bonds is 26. The Kier molecular flexibility index (Phi) is 26.2. The molecular formula is C41H62O2. The molecule has 1 heterocycles. The summed E-state index contributed by atoms with van der Waals surface area (Å²) in [6.07, 6.45) is 58.8. The lowest BCUT2D eigenvalue weighted by Gasteiger charge is -2.28. The fourth-order valence-electron chi connectivity index (χ4n) is 4.82. The average molecular weight is 587 g/mol. The molecule has 0 aromatic carbocycles. The van der Waals surface area contributed by atoms with Crippen LogP contribution >= 0.6 is 0 Å². The summed E-state index contributed by atoms with van der Waals surface area (Å²) in [5.41, 5.74) is 0. The quantitative estimate of drug-likeness (QED) is 0.0570. The second kappa shape index (κ2) is 29.4. The van der Waals surface area contributed by atoms with Crippen LogP contribution in [0.2, 0.25) is 0 Å². The van der Waals surface area contributed by atoms with E-state index in [1.54, 1.807) is 0 Å². The van der Waals surface area contributed by atoms with Crippen molar-refractivity contribution in [1.29, 1.82) is 0 Å². The van der Waals surface area contributed by atoms with Gasteiger partial charge in [-0.1, -0.05) is 142 Å². The Morgan fingerprint density at radius 3 is 1.42 bits per heavy atom. The Morgan fingerprint density at radius 1 is 0.581 bits per heavy atom. The largest absolute Gasteiger partial charge is 0.347 e. The second-order valence-electron chi connectivity index (χ2n) is 11.0. The summed E-state index contributed by atoms with van der Waals surface area (Å²) >= 11 is 0. The molecule has 0 aromatic rings. The van der Waals surface area contributed by atoms with Crippen molar-refractivity contribution in [3.8, 4) is 0 Å². The first-order valence-corrected chi connectivity index (χ1v) is 17.1. The zero-order chi connectivity index (χ0) is 30.9. The van der Waals surface area contributed by atoms with Gasteiger partial charge in [-0.2, -0.15) is 0 Å². The Morgan fingerprint density at radius 2 is 1.00 bits per heavy atom. The summed E-state index contributed by atoms with van der Waals surface area (Å²) in [4.78, 5) is 0. The van der Waals surface area contributed by atoms with Gasteiger partial charge in [0.2, 0.25) is 0 Å². The first-order valence-electron chi connectivity index (χ1n) is 17.1. The molecule has 238 valence electrons. The van der Waals surface area contributed by atoms with Gasteiger partial charge in [0.1, 0.15) is 0 Å². The standard InChI is InChI=1S/C41H62O2/c1-4-7-9-11-13-15-17-18-19-20-21-22-23-24-25-27-29-31-33-35-38-41(42-39-40(43-41)36-6-3)37-34-32-30-28-26-16-14-12-10-8-5-2/h5,7-10,13-16,18-19,21-22,24-25,28-31,40H,2,4,6,11-12,17,20,23,26-27,32-39H2,1,3H3. The van der Waals surface area contributed by atoms with E-state index in [2.05, 4.69) is 124 Å². The molecule has 0 aliphatic carbocycles. The van der Waals surface area contributed by atoms with Crippen molar-refractivity contribution in [2.45, 2.75) is 128 Å². The van der Waals surface area contributed by atoms with Crippen LogP contribution in [0.25, 0.3) is 0 Å². The van der Waals surface area contributed by atoms with Crippen LogP contribution in [-0.4, -0.2) is 18.5 Å². The van der Waals surface area contributed by atoms with E-state index in [1.807, 2.05) is 12.2 Å². The molecule has 2 nitrogen and oxygen atoms in total. The minimum atomic E-state index is -0.386. The summed E-state index contributed by atoms with van der Waals surface area (Å²) in [5, 5.41) is 0. The molecule has 0 N–H and O–H groups in total. The van der Waals surface area contributed by atoms with Crippen molar-refractivity contribution in [1.82, 2.24) is 0 Å². The number of hydrogen-bond acceptors (Lipinski definition) is 2. The third-order valence-electron chi connectivity index (χ3n) is 7.13. The second-order valence-corrected chi connectivity index (χ2v) is 11.0. The third kappa shape index (κ3) is 23.5. The SMILES string of the molecule is C=CC=CCC=CCC=CCCCC1(CCCC=CCC=CCC=CCC=CCC=CCC=CCC)OCC(CCC)O1. The topological polar surface area (TPSA) is 18.5 Å². The predicted molar refractivity (Wildman–Crippen MR) is 191 cm³/mol. The molecule has 0 aromatic heterocycles. The predicted octanol–water partition coefficient (Wildman–Crippen LogP) is 12.6. The Labute approximate surface area is 266 Å². The lowest BCUT2D eigenvalue weighted by atomic mass is 10.0. The zero-order valence-corrected chi connectivity index (χ0v) is 27.6. The molecule has 43 heavy (non-hydrogen) atoms. The minimum Gasteiger partial charge on any atom is -0.347 e. The number of hydrogen-bond donors (Lipinski definition) is 0. The van der Waals surface area contributed by atoms with Crippen molar-refractivity contribution in [3.63, 3.8) is 0 Å². The lowest BCUT2D eigenvalue weighted by Crippen LogP contribution is -2.31. The number of allylic oxidation sites excluding steroid dienone is 19. The van der Waals surface area contributed by atoms with Crippen LogP contribution in [0.4, 0.5) is 0 Å². The van der Waals surface area contributed by atoms with Crippen LogP contribution in [0.5, 0.6) is 0 Å². The molecule has 1 fully saturated rings. The molecule has 0 amide bonds. The molecular weight excluding hydrogens is 524 g/mol. The molecule has 2 heteroatoms.